The predicted octanol–water partition coefficient (Wildman–Crippen LogP) is -0.368. The van der Waals surface area contributed by atoms with Gasteiger partial charge in [-0.3, -0.25) is 0 Å². The van der Waals surface area contributed by atoms with Crippen molar-refractivity contribution >= 4 is 6.03 Å². The van der Waals surface area contributed by atoms with E-state index in [4.69, 9.17) is 9.47 Å². The normalized spacial score (nSPS) is 17.6. The number of morpholine rings is 1. The van der Waals surface area contributed by atoms with Crippen LogP contribution in [0.5, 0.6) is 0 Å². The Bertz CT molecular complexity index is 146. The zero-order valence-corrected chi connectivity index (χ0v) is 7.21. The molecule has 12 heavy (non-hydrogen) atoms. The van der Waals surface area contributed by atoms with Crippen LogP contribution < -0.4 is 5.32 Å². The van der Waals surface area contributed by atoms with Crippen molar-refractivity contribution in [3.63, 3.8) is 0 Å². The van der Waals surface area contributed by atoms with E-state index in [1.807, 2.05) is 0 Å². The fraction of sp³-hybridized carbons (Fsp3) is 0.857. The summed E-state index contributed by atoms with van der Waals surface area (Å²) in [7, 11) is 1.54. The van der Waals surface area contributed by atoms with E-state index in [1.165, 1.54) is 0 Å². The molecule has 0 bridgehead atoms. The Morgan fingerprint density at radius 1 is 1.58 bits per heavy atom. The van der Waals surface area contributed by atoms with Gasteiger partial charge in [-0.25, -0.2) is 4.79 Å². The van der Waals surface area contributed by atoms with Gasteiger partial charge in [0.1, 0.15) is 6.73 Å². The Morgan fingerprint density at radius 2 is 2.25 bits per heavy atom. The third-order valence-electron chi connectivity index (χ3n) is 1.67. The van der Waals surface area contributed by atoms with Gasteiger partial charge in [-0.15, -0.1) is 0 Å². The van der Waals surface area contributed by atoms with Crippen molar-refractivity contribution in [1.82, 2.24) is 10.2 Å². The monoisotopic (exact) mass is 174 g/mol. The van der Waals surface area contributed by atoms with Crippen molar-refractivity contribution in [3.8, 4) is 0 Å². The van der Waals surface area contributed by atoms with Crippen LogP contribution in [0.1, 0.15) is 0 Å². The summed E-state index contributed by atoms with van der Waals surface area (Å²) in [5, 5.41) is 2.61. The molecule has 1 N–H and O–H groups in total. The summed E-state index contributed by atoms with van der Waals surface area (Å²) >= 11 is 0. The molecule has 1 fully saturated rings. The first kappa shape index (κ1) is 9.28. The van der Waals surface area contributed by atoms with Gasteiger partial charge in [0.15, 0.2) is 0 Å². The van der Waals surface area contributed by atoms with Gasteiger partial charge in [-0.05, 0) is 0 Å². The summed E-state index contributed by atoms with van der Waals surface area (Å²) in [6.45, 7) is 2.84. The van der Waals surface area contributed by atoms with Gasteiger partial charge < -0.3 is 19.7 Å². The number of carbonyl (C=O) groups excluding carboxylic acids is 1. The van der Waals surface area contributed by atoms with Gasteiger partial charge in [-0.2, -0.15) is 0 Å². The van der Waals surface area contributed by atoms with Crippen LogP contribution in [0.15, 0.2) is 0 Å². The lowest BCUT2D eigenvalue weighted by Crippen LogP contribution is -2.46. The Hall–Kier alpha value is -0.810. The number of nitrogens with zero attached hydrogens (tertiary/aromatic N) is 1. The van der Waals surface area contributed by atoms with Crippen LogP contribution in [-0.2, 0) is 9.47 Å². The third kappa shape index (κ3) is 2.67. The Kier molecular flexibility index (Phi) is 3.83. The van der Waals surface area contributed by atoms with Crippen molar-refractivity contribution in [2.24, 2.45) is 0 Å². The van der Waals surface area contributed by atoms with E-state index in [0.717, 1.165) is 0 Å². The van der Waals surface area contributed by atoms with Crippen LogP contribution in [0.2, 0.25) is 0 Å². The number of amides is 2. The maximum atomic E-state index is 11.2. The quantitative estimate of drug-likeness (QED) is 0.581. The molecular weight excluding hydrogens is 160 g/mol. The molecule has 1 aliphatic rings. The molecule has 0 radical (unpaired) electrons. The molecule has 5 heteroatoms. The molecule has 0 unspecified atom stereocenters. The van der Waals surface area contributed by atoms with E-state index in [2.05, 4.69) is 5.32 Å². The maximum absolute atomic E-state index is 11.2. The number of methoxy groups -OCH3 is 1. The van der Waals surface area contributed by atoms with Crippen LogP contribution >= 0.6 is 0 Å². The molecule has 0 aliphatic carbocycles. The smallest absolute Gasteiger partial charge is 0.319 e. The average Bonchev–Trinajstić information content (AvgIpc) is 2.15. The van der Waals surface area contributed by atoms with E-state index in [9.17, 15) is 4.79 Å². The first-order valence-corrected chi connectivity index (χ1v) is 3.94. The first-order valence-electron chi connectivity index (χ1n) is 3.94. The lowest BCUT2D eigenvalue weighted by molar-refractivity contribution is 0.0503. The van der Waals surface area contributed by atoms with Crippen molar-refractivity contribution in [2.75, 3.05) is 40.1 Å². The van der Waals surface area contributed by atoms with Crippen LogP contribution in [0, 0.1) is 0 Å². The summed E-state index contributed by atoms with van der Waals surface area (Å²) in [4.78, 5) is 12.9. The second-order valence-corrected chi connectivity index (χ2v) is 2.51. The number of urea groups is 1. The number of carbonyl (C=O) groups is 1. The average molecular weight is 174 g/mol. The molecule has 1 saturated heterocycles. The topological polar surface area (TPSA) is 50.8 Å². The molecule has 5 nitrogen and oxygen atoms in total. The highest BCUT2D eigenvalue weighted by Crippen LogP contribution is 1.96. The maximum Gasteiger partial charge on any atom is 0.319 e. The highest BCUT2D eigenvalue weighted by atomic mass is 16.5. The fourth-order valence-corrected chi connectivity index (χ4v) is 1.01. The van der Waals surface area contributed by atoms with Crippen molar-refractivity contribution in [2.45, 2.75) is 0 Å². The molecule has 1 heterocycles. The zero-order chi connectivity index (χ0) is 8.81. The molecule has 70 valence electrons. The SMILES string of the molecule is COCNC(=O)N1CCOCC1. The molecule has 0 saturated carbocycles. The molecule has 2 amide bonds. The number of hydrogen-bond acceptors (Lipinski definition) is 3. The summed E-state index contributed by atoms with van der Waals surface area (Å²) < 4.78 is 9.81. The second kappa shape index (κ2) is 4.95. The Labute approximate surface area is 71.6 Å². The van der Waals surface area contributed by atoms with Crippen LogP contribution in [0.25, 0.3) is 0 Å². The van der Waals surface area contributed by atoms with Crippen LogP contribution in [0.4, 0.5) is 4.79 Å². The predicted molar refractivity (Wildman–Crippen MR) is 42.8 cm³/mol. The third-order valence-corrected chi connectivity index (χ3v) is 1.67. The van der Waals surface area contributed by atoms with Gasteiger partial charge in [0, 0.05) is 20.2 Å². The number of ether oxygens (including phenoxy) is 2. The van der Waals surface area contributed by atoms with Crippen molar-refractivity contribution in [3.05, 3.63) is 0 Å². The van der Waals surface area contributed by atoms with Gasteiger partial charge in [0.2, 0.25) is 0 Å². The van der Waals surface area contributed by atoms with Crippen LogP contribution in [0.3, 0.4) is 0 Å². The molecule has 1 aliphatic heterocycles. The lowest BCUT2D eigenvalue weighted by atomic mass is 10.4. The molecule has 0 aromatic heterocycles. The van der Waals surface area contributed by atoms with E-state index in [0.29, 0.717) is 26.3 Å². The van der Waals surface area contributed by atoms with Gasteiger partial charge in [-0.1, -0.05) is 0 Å². The molecular formula is C7H14N2O3. The lowest BCUT2D eigenvalue weighted by Gasteiger charge is -2.26. The van der Waals surface area contributed by atoms with Crippen molar-refractivity contribution < 1.29 is 14.3 Å². The first-order chi connectivity index (χ1) is 5.84. The second-order valence-electron chi connectivity index (χ2n) is 2.51. The van der Waals surface area contributed by atoms with E-state index in [-0.39, 0.29) is 12.8 Å². The number of hydrogen-bond donors (Lipinski definition) is 1. The molecule has 0 spiro atoms. The minimum atomic E-state index is -0.0832. The standard InChI is InChI=1S/C7H14N2O3/c1-11-6-8-7(10)9-2-4-12-5-3-9/h2-6H2,1H3,(H,8,10). The van der Waals surface area contributed by atoms with E-state index in [1.54, 1.807) is 12.0 Å². The minimum absolute atomic E-state index is 0.0832. The summed E-state index contributed by atoms with van der Waals surface area (Å²) in [6.07, 6.45) is 0. The summed E-state index contributed by atoms with van der Waals surface area (Å²) in [6, 6.07) is -0.0832. The van der Waals surface area contributed by atoms with Gasteiger partial charge in [0.25, 0.3) is 0 Å². The number of rotatable bonds is 2. The fourth-order valence-electron chi connectivity index (χ4n) is 1.01. The molecule has 0 atom stereocenters. The molecule has 0 aromatic rings. The zero-order valence-electron chi connectivity index (χ0n) is 7.21. The van der Waals surface area contributed by atoms with Gasteiger partial charge in [0.05, 0.1) is 13.2 Å². The largest absolute Gasteiger partial charge is 0.378 e. The Balaban J connectivity index is 2.20. The van der Waals surface area contributed by atoms with Crippen LogP contribution in [-0.4, -0.2) is 51.1 Å². The molecule has 0 aromatic carbocycles. The van der Waals surface area contributed by atoms with Crippen molar-refractivity contribution in [1.29, 1.82) is 0 Å². The highest BCUT2D eigenvalue weighted by Gasteiger charge is 2.15. The van der Waals surface area contributed by atoms with Gasteiger partial charge >= 0.3 is 6.03 Å². The summed E-state index contributed by atoms with van der Waals surface area (Å²) in [5.41, 5.74) is 0. The van der Waals surface area contributed by atoms with E-state index >= 15 is 0 Å². The number of nitrogens with one attached hydrogen (secondary N) is 1. The van der Waals surface area contributed by atoms with E-state index < -0.39 is 0 Å². The Morgan fingerprint density at radius 3 is 2.83 bits per heavy atom. The molecule has 1 rings (SSSR count). The summed E-state index contributed by atoms with van der Waals surface area (Å²) in [5.74, 6) is 0. The minimum Gasteiger partial charge on any atom is -0.378 e. The highest BCUT2D eigenvalue weighted by molar-refractivity contribution is 5.74.